The molecule has 0 bridgehead atoms. The number of nitro groups is 1. The van der Waals surface area contributed by atoms with Crippen molar-refractivity contribution in [1.29, 1.82) is 0 Å². The molecule has 1 aromatic rings. The van der Waals surface area contributed by atoms with Crippen molar-refractivity contribution in [1.82, 2.24) is 0 Å². The second kappa shape index (κ2) is 5.34. The number of hydrogen-bond acceptors (Lipinski definition) is 4. The number of halogens is 1. The maximum absolute atomic E-state index is 13.2. The first-order chi connectivity index (χ1) is 8.06. The minimum atomic E-state index is -0.910. The molecule has 1 aromatic carbocycles. The van der Waals surface area contributed by atoms with Crippen LogP contribution in [-0.2, 0) is 0 Å². The highest BCUT2D eigenvalue weighted by Gasteiger charge is 2.16. The number of benzene rings is 1. The number of azide groups is 1. The Labute approximate surface area is 94.8 Å². The molecule has 0 fully saturated rings. The highest BCUT2D eigenvalue weighted by Crippen LogP contribution is 2.25. The van der Waals surface area contributed by atoms with Gasteiger partial charge >= 0.3 is 0 Å². The molecule has 0 saturated carbocycles. The van der Waals surface area contributed by atoms with E-state index < -0.39 is 22.1 Å². The van der Waals surface area contributed by atoms with Crippen LogP contribution in [0.3, 0.4) is 0 Å². The lowest BCUT2D eigenvalue weighted by Crippen LogP contribution is -1.99. The number of nitrogens with zero attached hydrogens (tertiary/aromatic N) is 4. The molecule has 86 valence electrons. The van der Waals surface area contributed by atoms with Crippen LogP contribution >= 0.6 is 0 Å². The average molecular weight is 235 g/mol. The second-order valence-electron chi connectivity index (χ2n) is 2.84. The fraction of sp³-hybridized carbons (Fsp3) is 0.111. The van der Waals surface area contributed by atoms with Gasteiger partial charge in [-0.25, -0.2) is 4.39 Å². The summed E-state index contributed by atoms with van der Waals surface area (Å²) >= 11 is 0. The van der Waals surface area contributed by atoms with Gasteiger partial charge in [0.15, 0.2) is 5.82 Å². The molecule has 0 unspecified atom stereocenters. The Balaban J connectivity index is 3.13. The third-order valence-corrected chi connectivity index (χ3v) is 1.75. The topological polar surface area (TPSA) is 118 Å². The molecular formula is C9H6FN5O2. The Morgan fingerprint density at radius 3 is 2.94 bits per heavy atom. The molecule has 0 saturated heterocycles. The summed E-state index contributed by atoms with van der Waals surface area (Å²) in [6.07, 6.45) is 0. The van der Waals surface area contributed by atoms with Crippen LogP contribution in [0.2, 0.25) is 0 Å². The molecule has 0 spiro atoms. The van der Waals surface area contributed by atoms with E-state index in [9.17, 15) is 14.5 Å². The first-order valence-corrected chi connectivity index (χ1v) is 4.29. The maximum atomic E-state index is 13.2. The molecule has 0 radical (unpaired) electrons. The summed E-state index contributed by atoms with van der Waals surface area (Å²) in [4.78, 5) is 12.2. The van der Waals surface area contributed by atoms with E-state index in [1.807, 2.05) is 0 Å². The van der Waals surface area contributed by atoms with E-state index in [4.69, 9.17) is 11.3 Å². The molecule has 7 nitrogen and oxygen atoms in total. The van der Waals surface area contributed by atoms with E-state index in [1.54, 1.807) is 0 Å². The first-order valence-electron chi connectivity index (χ1n) is 4.29. The molecule has 0 aromatic heterocycles. The predicted octanol–water partition coefficient (Wildman–Crippen LogP) is 1.98. The first kappa shape index (κ1) is 12.3. The van der Waals surface area contributed by atoms with Crippen molar-refractivity contribution >= 4 is 11.4 Å². The Kier molecular flexibility index (Phi) is 3.86. The Morgan fingerprint density at radius 1 is 1.65 bits per heavy atom. The Bertz CT molecular complexity index is 569. The van der Waals surface area contributed by atoms with Crippen molar-refractivity contribution in [2.75, 3.05) is 12.3 Å². The van der Waals surface area contributed by atoms with E-state index in [0.717, 1.165) is 12.1 Å². The second-order valence-corrected chi connectivity index (χ2v) is 2.84. The highest BCUT2D eigenvalue weighted by atomic mass is 19.1. The van der Waals surface area contributed by atoms with E-state index in [2.05, 4.69) is 21.9 Å². The fourth-order valence-electron chi connectivity index (χ4n) is 1.04. The molecule has 0 amide bonds. The Morgan fingerprint density at radius 2 is 2.35 bits per heavy atom. The minimum Gasteiger partial charge on any atom is -0.391 e. The SMILES string of the molecule is [N-]=[N+]=NCC#Cc1cc(F)c(N)c([N+](=O)[O-])c1. The summed E-state index contributed by atoms with van der Waals surface area (Å²) in [5.74, 6) is 3.93. The van der Waals surface area contributed by atoms with Gasteiger partial charge in [-0.1, -0.05) is 17.0 Å². The molecule has 0 aliphatic heterocycles. The maximum Gasteiger partial charge on any atom is 0.296 e. The van der Waals surface area contributed by atoms with Crippen LogP contribution in [0.5, 0.6) is 0 Å². The monoisotopic (exact) mass is 235 g/mol. The number of hydrogen-bond donors (Lipinski definition) is 1. The average Bonchev–Trinajstić information content (AvgIpc) is 2.28. The van der Waals surface area contributed by atoms with Crippen LogP contribution in [0, 0.1) is 27.8 Å². The van der Waals surface area contributed by atoms with Gasteiger partial charge in [-0.2, -0.15) is 0 Å². The summed E-state index contributed by atoms with van der Waals surface area (Å²) in [6.45, 7) is -0.101. The van der Waals surface area contributed by atoms with Crippen LogP contribution in [0.1, 0.15) is 5.56 Å². The lowest BCUT2D eigenvalue weighted by Gasteiger charge is -1.99. The molecule has 0 aliphatic carbocycles. The van der Waals surface area contributed by atoms with Gasteiger partial charge in [0.1, 0.15) is 5.69 Å². The van der Waals surface area contributed by atoms with Gasteiger partial charge in [0, 0.05) is 16.5 Å². The van der Waals surface area contributed by atoms with Crippen LogP contribution in [0.15, 0.2) is 17.2 Å². The van der Waals surface area contributed by atoms with Crippen molar-refractivity contribution < 1.29 is 9.31 Å². The van der Waals surface area contributed by atoms with E-state index in [-0.39, 0.29) is 12.1 Å². The fourth-order valence-corrected chi connectivity index (χ4v) is 1.04. The Hall–Kier alpha value is -2.78. The molecular weight excluding hydrogens is 229 g/mol. The van der Waals surface area contributed by atoms with Crippen molar-refractivity contribution in [2.45, 2.75) is 0 Å². The van der Waals surface area contributed by atoms with Crippen LogP contribution in [0.4, 0.5) is 15.8 Å². The van der Waals surface area contributed by atoms with E-state index in [1.165, 1.54) is 0 Å². The number of nitrogen functional groups attached to an aromatic ring is 1. The van der Waals surface area contributed by atoms with Crippen LogP contribution in [0.25, 0.3) is 10.4 Å². The van der Waals surface area contributed by atoms with Gasteiger partial charge in [0.05, 0.1) is 11.5 Å². The third-order valence-electron chi connectivity index (χ3n) is 1.75. The largest absolute Gasteiger partial charge is 0.391 e. The van der Waals surface area contributed by atoms with Gasteiger partial charge in [-0.05, 0) is 11.6 Å². The number of rotatable bonds is 2. The summed E-state index contributed by atoms with van der Waals surface area (Å²) < 4.78 is 13.2. The van der Waals surface area contributed by atoms with Gasteiger partial charge < -0.3 is 5.73 Å². The minimum absolute atomic E-state index is 0.0940. The lowest BCUT2D eigenvalue weighted by atomic mass is 10.1. The highest BCUT2D eigenvalue weighted by molar-refractivity contribution is 5.62. The van der Waals surface area contributed by atoms with Crippen molar-refractivity contribution in [3.63, 3.8) is 0 Å². The summed E-state index contributed by atoms with van der Waals surface area (Å²) in [6, 6.07) is 2.03. The van der Waals surface area contributed by atoms with Crippen molar-refractivity contribution in [2.24, 2.45) is 5.11 Å². The molecule has 8 heteroatoms. The lowest BCUT2D eigenvalue weighted by molar-refractivity contribution is -0.384. The van der Waals surface area contributed by atoms with Gasteiger partial charge in [0.25, 0.3) is 5.69 Å². The molecule has 1 rings (SSSR count). The van der Waals surface area contributed by atoms with E-state index >= 15 is 0 Å². The molecule has 2 N–H and O–H groups in total. The third kappa shape index (κ3) is 3.09. The van der Waals surface area contributed by atoms with E-state index in [0.29, 0.717) is 0 Å². The van der Waals surface area contributed by atoms with Gasteiger partial charge in [-0.3, -0.25) is 10.1 Å². The zero-order valence-corrected chi connectivity index (χ0v) is 8.42. The standard InChI is InChI=1S/C9H6FN5O2/c10-7-4-6(2-1-3-13-14-12)5-8(9(7)11)15(16)17/h4-5H,3,11H2. The van der Waals surface area contributed by atoms with Crippen LogP contribution < -0.4 is 5.73 Å². The quantitative estimate of drug-likeness (QED) is 0.160. The molecule has 17 heavy (non-hydrogen) atoms. The van der Waals surface area contributed by atoms with Gasteiger partial charge in [-0.15, -0.1) is 0 Å². The smallest absolute Gasteiger partial charge is 0.296 e. The van der Waals surface area contributed by atoms with Crippen LogP contribution in [-0.4, -0.2) is 11.5 Å². The molecule has 0 aliphatic rings. The molecule has 0 heterocycles. The van der Waals surface area contributed by atoms with Gasteiger partial charge in [0.2, 0.25) is 0 Å². The van der Waals surface area contributed by atoms with Crippen molar-refractivity contribution in [3.05, 3.63) is 44.1 Å². The number of anilines is 1. The number of nitrogens with two attached hydrogens (primary N) is 1. The summed E-state index contributed by atoms with van der Waals surface area (Å²) in [7, 11) is 0. The summed E-state index contributed by atoms with van der Waals surface area (Å²) in [5.41, 5.74) is 12.2. The zero-order chi connectivity index (χ0) is 12.8. The molecule has 0 atom stereocenters. The summed E-state index contributed by atoms with van der Waals surface area (Å²) in [5, 5.41) is 13.7. The normalized spacial score (nSPS) is 8.76. The predicted molar refractivity (Wildman–Crippen MR) is 58.4 cm³/mol. The zero-order valence-electron chi connectivity index (χ0n) is 8.42. The number of nitro benzene ring substituents is 1. The van der Waals surface area contributed by atoms with Crippen molar-refractivity contribution in [3.8, 4) is 11.8 Å².